The number of rotatable bonds is 9. The highest BCUT2D eigenvalue weighted by molar-refractivity contribution is 6.74. The maximum Gasteiger partial charge on any atom is 0.184 e. The van der Waals surface area contributed by atoms with Crippen molar-refractivity contribution in [1.29, 1.82) is 0 Å². The van der Waals surface area contributed by atoms with Gasteiger partial charge >= 0.3 is 0 Å². The van der Waals surface area contributed by atoms with Crippen LogP contribution in [0.1, 0.15) is 6.23 Å². The minimum Gasteiger partial charge on any atom is -0.415 e. The molecular weight excluding hydrogens is 523 g/mol. The first kappa shape index (κ1) is 29.6. The Morgan fingerprint density at radius 3 is 1.94 bits per heavy atom. The molecule has 1 aliphatic rings. The molecule has 0 amide bonds. The molecule has 0 spiro atoms. The molecule has 0 N–H and O–H groups in total. The number of nitrogens with zero attached hydrogens (tertiary/aromatic N) is 5. The van der Waals surface area contributed by atoms with Crippen LogP contribution < -0.4 is 5.49 Å². The fraction of sp³-hybridized carbons (Fsp3) is 0.783. The van der Waals surface area contributed by atoms with Crippen molar-refractivity contribution in [1.82, 2.24) is 19.1 Å². The van der Waals surface area contributed by atoms with Crippen molar-refractivity contribution in [2.24, 2.45) is 11.7 Å². The summed E-state index contributed by atoms with van der Waals surface area (Å²) in [5.41, 5.74) is 2.38. The third-order valence-electron chi connectivity index (χ3n) is 5.33. The van der Waals surface area contributed by atoms with Crippen molar-refractivity contribution < 1.29 is 18.0 Å². The summed E-state index contributed by atoms with van der Waals surface area (Å²) in [7, 11) is -5.38. The van der Waals surface area contributed by atoms with Gasteiger partial charge in [0.1, 0.15) is 29.5 Å². The highest BCUT2D eigenvalue weighted by atomic mass is 28.4. The van der Waals surface area contributed by atoms with Crippen LogP contribution in [-0.4, -0.2) is 77.2 Å². The second-order valence-electron chi connectivity index (χ2n) is 13.7. The van der Waals surface area contributed by atoms with Crippen LogP contribution in [0.4, 0.5) is 0 Å². The van der Waals surface area contributed by atoms with Gasteiger partial charge in [0.05, 0.1) is 19.3 Å². The minimum absolute atomic E-state index is 0.222. The standard InChI is InChI=1S/C23H47N5O4Si4/c1-27-15-25-21(26-33(2,3)4)18-22(27)28(16-24-18)23-20(32-36(11,12)13)19(31-35(8,9)10)17(30-23)14-29-34(5,6)7/h15-17,19-20,23H,14H2,1-13H3/t17-,19-,20-,23?/m0/s1. The van der Waals surface area contributed by atoms with Crippen LogP contribution in [0.3, 0.4) is 0 Å². The third-order valence-corrected chi connectivity index (χ3v) is 9.20. The highest BCUT2D eigenvalue weighted by Gasteiger charge is 2.50. The average molecular weight is 570 g/mol. The van der Waals surface area contributed by atoms with Crippen LogP contribution in [0.15, 0.2) is 17.3 Å². The van der Waals surface area contributed by atoms with Gasteiger partial charge in [0.15, 0.2) is 44.9 Å². The Balaban J connectivity index is 2.15. The second-order valence-corrected chi connectivity index (χ2v) is 31.7. The Kier molecular flexibility index (Phi) is 8.49. The lowest BCUT2D eigenvalue weighted by Crippen LogP contribution is -2.48. The SMILES string of the molecule is Cn1cnc(=N[Si](C)(C)C)c2ncn(C3O[C@@H](CO[Si](C)(C)C)[C@H](O[Si](C)(C)C)[C@@H]3O[Si](C)(C)C)c21. The lowest BCUT2D eigenvalue weighted by atomic mass is 10.1. The molecule has 4 atom stereocenters. The summed E-state index contributed by atoms with van der Waals surface area (Å²) in [4.78, 5) is 9.38. The molecule has 1 unspecified atom stereocenters. The van der Waals surface area contributed by atoms with Crippen molar-refractivity contribution >= 4 is 44.4 Å². The summed E-state index contributed by atoms with van der Waals surface area (Å²) in [5, 5.41) is 0. The Hall–Kier alpha value is -0.942. The van der Waals surface area contributed by atoms with Crippen LogP contribution in [0.5, 0.6) is 0 Å². The van der Waals surface area contributed by atoms with Gasteiger partial charge in [-0.25, -0.2) is 9.97 Å². The second kappa shape index (κ2) is 10.3. The number of aromatic nitrogens is 4. The molecule has 204 valence electrons. The van der Waals surface area contributed by atoms with Crippen LogP contribution in [-0.2, 0) is 25.1 Å². The van der Waals surface area contributed by atoms with E-state index in [1.165, 1.54) is 0 Å². The van der Waals surface area contributed by atoms with Crippen molar-refractivity contribution in [2.45, 2.75) is 103 Å². The quantitative estimate of drug-likeness (QED) is 0.407. The lowest BCUT2D eigenvalue weighted by Gasteiger charge is -2.34. The van der Waals surface area contributed by atoms with Gasteiger partial charge in [-0.1, -0.05) is 0 Å². The van der Waals surface area contributed by atoms with E-state index >= 15 is 0 Å². The van der Waals surface area contributed by atoms with Crippen LogP contribution in [0.2, 0.25) is 78.6 Å². The van der Waals surface area contributed by atoms with E-state index < -0.39 is 39.4 Å². The number of ether oxygens (including phenoxy) is 1. The first-order valence-electron chi connectivity index (χ1n) is 12.8. The monoisotopic (exact) mass is 569 g/mol. The molecule has 36 heavy (non-hydrogen) atoms. The molecular formula is C23H47N5O4Si4. The van der Waals surface area contributed by atoms with Gasteiger partial charge in [0, 0.05) is 7.05 Å². The van der Waals surface area contributed by atoms with E-state index in [0.717, 1.165) is 11.2 Å². The highest BCUT2D eigenvalue weighted by Crippen LogP contribution is 2.38. The van der Waals surface area contributed by atoms with Gasteiger partial charge < -0.3 is 27.2 Å². The Bertz CT molecular complexity index is 1130. The van der Waals surface area contributed by atoms with Crippen molar-refractivity contribution in [3.05, 3.63) is 18.1 Å². The van der Waals surface area contributed by atoms with Crippen molar-refractivity contribution in [3.63, 3.8) is 0 Å². The summed E-state index contributed by atoms with van der Waals surface area (Å²) in [6.45, 7) is 27.0. The number of imidazole rings is 1. The summed E-state index contributed by atoms with van der Waals surface area (Å²) < 4.78 is 35.8. The van der Waals surface area contributed by atoms with Gasteiger partial charge in [-0.2, -0.15) is 0 Å². The summed E-state index contributed by atoms with van der Waals surface area (Å²) >= 11 is 0. The molecule has 3 heterocycles. The maximum atomic E-state index is 6.83. The normalized spacial score (nSPS) is 24.8. The number of hydrogen-bond acceptors (Lipinski definition) is 7. The molecule has 0 saturated carbocycles. The summed E-state index contributed by atoms with van der Waals surface area (Å²) in [6, 6.07) is 0. The predicted octanol–water partition coefficient (Wildman–Crippen LogP) is 4.69. The molecule has 2 aromatic heterocycles. The van der Waals surface area contributed by atoms with Crippen molar-refractivity contribution in [2.75, 3.05) is 6.61 Å². The predicted molar refractivity (Wildman–Crippen MR) is 155 cm³/mol. The Labute approximate surface area is 220 Å². The third kappa shape index (κ3) is 7.79. The van der Waals surface area contributed by atoms with E-state index in [-0.39, 0.29) is 18.3 Å². The molecule has 1 saturated heterocycles. The molecule has 0 radical (unpaired) electrons. The molecule has 9 nitrogen and oxygen atoms in total. The topological polar surface area (TPSA) is 84.9 Å². The zero-order valence-corrected chi connectivity index (χ0v) is 28.5. The Morgan fingerprint density at radius 2 is 1.42 bits per heavy atom. The maximum absolute atomic E-state index is 6.83. The van der Waals surface area contributed by atoms with Crippen LogP contribution in [0.25, 0.3) is 11.2 Å². The fourth-order valence-corrected chi connectivity index (χ4v) is 7.82. The van der Waals surface area contributed by atoms with E-state index in [2.05, 4.69) is 88.1 Å². The zero-order chi connectivity index (χ0) is 27.3. The van der Waals surface area contributed by atoms with Gasteiger partial charge in [0.25, 0.3) is 0 Å². The lowest BCUT2D eigenvalue weighted by molar-refractivity contribution is -0.0458. The molecule has 0 aromatic carbocycles. The number of aryl methyl sites for hydroxylation is 1. The smallest absolute Gasteiger partial charge is 0.184 e. The van der Waals surface area contributed by atoms with E-state index in [4.69, 9.17) is 27.7 Å². The first-order valence-corrected chi connectivity index (χ1v) is 26.5. The summed E-state index contributed by atoms with van der Waals surface area (Å²) in [6.07, 6.45) is 2.53. The first-order chi connectivity index (χ1) is 16.2. The average Bonchev–Trinajstić information content (AvgIpc) is 3.22. The molecule has 2 aromatic rings. The van der Waals surface area contributed by atoms with E-state index in [1.54, 1.807) is 0 Å². The molecule has 13 heteroatoms. The molecule has 3 rings (SSSR count). The molecule has 0 aliphatic carbocycles. The van der Waals surface area contributed by atoms with E-state index in [0.29, 0.717) is 12.1 Å². The molecule has 1 aliphatic heterocycles. The molecule has 0 bridgehead atoms. The summed E-state index contributed by atoms with van der Waals surface area (Å²) in [5.74, 6) is 0. The van der Waals surface area contributed by atoms with Crippen molar-refractivity contribution in [3.8, 4) is 0 Å². The van der Waals surface area contributed by atoms with E-state index in [1.807, 2.05) is 24.3 Å². The number of fused-ring (bicyclic) bond motifs is 1. The van der Waals surface area contributed by atoms with Gasteiger partial charge in [0.2, 0.25) is 0 Å². The van der Waals surface area contributed by atoms with Crippen LogP contribution >= 0.6 is 0 Å². The minimum atomic E-state index is -1.95. The zero-order valence-electron chi connectivity index (χ0n) is 24.5. The largest absolute Gasteiger partial charge is 0.415 e. The fourth-order valence-electron chi connectivity index (χ4n) is 4.19. The van der Waals surface area contributed by atoms with E-state index in [9.17, 15) is 0 Å². The van der Waals surface area contributed by atoms with Gasteiger partial charge in [-0.15, -0.1) is 0 Å². The van der Waals surface area contributed by atoms with Crippen LogP contribution in [0, 0.1) is 0 Å². The van der Waals surface area contributed by atoms with Gasteiger partial charge in [-0.05, 0) is 78.6 Å². The van der Waals surface area contributed by atoms with Gasteiger partial charge in [-0.3, -0.25) is 4.57 Å². The number of hydrogen-bond donors (Lipinski definition) is 0. The molecule has 1 fully saturated rings. The Morgan fingerprint density at radius 1 is 0.833 bits per heavy atom.